The Morgan fingerprint density at radius 3 is 3.00 bits per heavy atom. The average molecular weight is 261 g/mol. The molecule has 0 fully saturated rings. The number of hydrogen-bond acceptors (Lipinski definition) is 3. The van der Waals surface area contributed by atoms with Gasteiger partial charge in [0, 0.05) is 16.1 Å². The number of benzene rings is 1. The maximum atomic E-state index is 5.97. The van der Waals surface area contributed by atoms with Gasteiger partial charge in [0.05, 0.1) is 12.7 Å². The quantitative estimate of drug-likeness (QED) is 0.839. The fraction of sp³-hybridized carbons (Fsp3) is 0.467. The Kier molecular flexibility index (Phi) is 3.37. The minimum Gasteiger partial charge on any atom is -0.372 e. The zero-order valence-electron chi connectivity index (χ0n) is 11.0. The number of fused-ring (bicyclic) bond motifs is 3. The lowest BCUT2D eigenvalue weighted by Gasteiger charge is -2.24. The van der Waals surface area contributed by atoms with Crippen LogP contribution in [0.1, 0.15) is 23.0 Å². The summed E-state index contributed by atoms with van der Waals surface area (Å²) in [6.45, 7) is 1.95. The Balaban J connectivity index is 1.95. The first-order valence-electron chi connectivity index (χ1n) is 6.52. The second kappa shape index (κ2) is 5.00. The molecule has 96 valence electrons. The Morgan fingerprint density at radius 1 is 1.33 bits per heavy atom. The van der Waals surface area contributed by atoms with E-state index in [2.05, 4.69) is 43.3 Å². The smallest absolute Gasteiger partial charge is 0.0932 e. The molecule has 3 rings (SSSR count). The van der Waals surface area contributed by atoms with Gasteiger partial charge >= 0.3 is 0 Å². The van der Waals surface area contributed by atoms with Crippen LogP contribution in [0.4, 0.5) is 0 Å². The minimum atomic E-state index is 0.300. The predicted octanol–water partition coefficient (Wildman–Crippen LogP) is 3.47. The van der Waals surface area contributed by atoms with Crippen molar-refractivity contribution in [2.45, 2.75) is 18.9 Å². The molecule has 18 heavy (non-hydrogen) atoms. The van der Waals surface area contributed by atoms with Crippen LogP contribution >= 0.6 is 11.3 Å². The van der Waals surface area contributed by atoms with E-state index in [0.29, 0.717) is 6.10 Å². The van der Waals surface area contributed by atoms with E-state index in [1.165, 1.54) is 20.5 Å². The van der Waals surface area contributed by atoms with Gasteiger partial charge in [-0.1, -0.05) is 18.2 Å². The van der Waals surface area contributed by atoms with Gasteiger partial charge < -0.3 is 9.64 Å². The lowest BCUT2D eigenvalue weighted by atomic mass is 10.0. The fourth-order valence-corrected chi connectivity index (χ4v) is 3.94. The summed E-state index contributed by atoms with van der Waals surface area (Å²) in [6, 6.07) is 8.74. The second-order valence-electron chi connectivity index (χ2n) is 5.14. The van der Waals surface area contributed by atoms with Gasteiger partial charge in [-0.3, -0.25) is 0 Å². The molecule has 1 aliphatic rings. The van der Waals surface area contributed by atoms with Crippen molar-refractivity contribution < 1.29 is 4.74 Å². The van der Waals surface area contributed by atoms with Crippen LogP contribution in [0.3, 0.4) is 0 Å². The Labute approximate surface area is 112 Å². The normalized spacial score (nSPS) is 19.4. The molecule has 0 N–H and O–H groups in total. The van der Waals surface area contributed by atoms with E-state index in [9.17, 15) is 0 Å². The van der Waals surface area contributed by atoms with Crippen LogP contribution in [0.2, 0.25) is 0 Å². The predicted molar refractivity (Wildman–Crippen MR) is 77.4 cm³/mol. The van der Waals surface area contributed by atoms with Crippen molar-refractivity contribution in [3.05, 3.63) is 34.7 Å². The van der Waals surface area contributed by atoms with Crippen LogP contribution in [-0.4, -0.2) is 32.1 Å². The Hall–Kier alpha value is -0.900. The summed E-state index contributed by atoms with van der Waals surface area (Å²) in [4.78, 5) is 3.69. The van der Waals surface area contributed by atoms with Gasteiger partial charge in [-0.15, -0.1) is 11.3 Å². The summed E-state index contributed by atoms with van der Waals surface area (Å²) in [5.41, 5.74) is 1.53. The molecule has 0 spiro atoms. The van der Waals surface area contributed by atoms with Gasteiger partial charge in [0.2, 0.25) is 0 Å². The first kappa shape index (κ1) is 12.2. The highest BCUT2D eigenvalue weighted by molar-refractivity contribution is 7.19. The van der Waals surface area contributed by atoms with Crippen molar-refractivity contribution in [1.82, 2.24) is 4.90 Å². The summed E-state index contributed by atoms with van der Waals surface area (Å²) in [6.07, 6.45) is 2.46. The van der Waals surface area contributed by atoms with E-state index in [1.807, 2.05) is 11.3 Å². The van der Waals surface area contributed by atoms with Gasteiger partial charge in [0.25, 0.3) is 0 Å². The number of nitrogens with zero attached hydrogens (tertiary/aromatic N) is 1. The Bertz CT molecular complexity index is 546. The average Bonchev–Trinajstić information content (AvgIpc) is 2.75. The standard InChI is InChI=1S/C15H19NOS/c1-16(2)9-7-13-15-12(8-10-17-13)11-5-3-4-6-14(11)18-15/h3-6,13H,7-10H2,1-2H3. The van der Waals surface area contributed by atoms with E-state index in [0.717, 1.165) is 26.0 Å². The number of thiophene rings is 1. The molecule has 2 heterocycles. The second-order valence-corrected chi connectivity index (χ2v) is 6.23. The largest absolute Gasteiger partial charge is 0.372 e. The summed E-state index contributed by atoms with van der Waals surface area (Å²) in [7, 11) is 4.24. The Morgan fingerprint density at radius 2 is 2.17 bits per heavy atom. The zero-order chi connectivity index (χ0) is 12.5. The van der Waals surface area contributed by atoms with E-state index >= 15 is 0 Å². The lowest BCUT2D eigenvalue weighted by molar-refractivity contribution is 0.0355. The molecule has 1 aliphatic heterocycles. The molecule has 0 bridgehead atoms. The van der Waals surface area contributed by atoms with E-state index in [1.54, 1.807) is 0 Å². The van der Waals surface area contributed by atoms with Crippen molar-refractivity contribution in [2.24, 2.45) is 0 Å². The molecular weight excluding hydrogens is 242 g/mol. The van der Waals surface area contributed by atoms with Crippen LogP contribution in [0.25, 0.3) is 10.1 Å². The van der Waals surface area contributed by atoms with Crippen LogP contribution in [0.5, 0.6) is 0 Å². The molecule has 1 unspecified atom stereocenters. The van der Waals surface area contributed by atoms with Crippen LogP contribution < -0.4 is 0 Å². The third kappa shape index (κ3) is 2.18. The molecular formula is C15H19NOS. The molecule has 1 atom stereocenters. The highest BCUT2D eigenvalue weighted by Crippen LogP contribution is 2.40. The molecule has 0 aliphatic carbocycles. The molecule has 1 aromatic heterocycles. The van der Waals surface area contributed by atoms with E-state index in [4.69, 9.17) is 4.74 Å². The monoisotopic (exact) mass is 261 g/mol. The summed E-state index contributed by atoms with van der Waals surface area (Å²) >= 11 is 1.92. The number of hydrogen-bond donors (Lipinski definition) is 0. The van der Waals surface area contributed by atoms with Gasteiger partial charge in [0.15, 0.2) is 0 Å². The van der Waals surface area contributed by atoms with Crippen molar-refractivity contribution in [2.75, 3.05) is 27.2 Å². The highest BCUT2D eigenvalue weighted by atomic mass is 32.1. The van der Waals surface area contributed by atoms with Crippen LogP contribution in [-0.2, 0) is 11.2 Å². The van der Waals surface area contributed by atoms with Gasteiger partial charge in [-0.25, -0.2) is 0 Å². The third-order valence-corrected chi connectivity index (χ3v) is 4.84. The lowest BCUT2D eigenvalue weighted by Crippen LogP contribution is -2.20. The van der Waals surface area contributed by atoms with Crippen LogP contribution in [0, 0.1) is 0 Å². The molecule has 0 saturated carbocycles. The van der Waals surface area contributed by atoms with Gasteiger partial charge in [0.1, 0.15) is 0 Å². The van der Waals surface area contributed by atoms with Gasteiger partial charge in [-0.2, -0.15) is 0 Å². The third-order valence-electron chi connectivity index (χ3n) is 3.53. The highest BCUT2D eigenvalue weighted by Gasteiger charge is 2.24. The minimum absolute atomic E-state index is 0.300. The molecule has 1 aromatic carbocycles. The maximum Gasteiger partial charge on any atom is 0.0932 e. The number of rotatable bonds is 3. The summed E-state index contributed by atoms with van der Waals surface area (Å²) < 4.78 is 7.37. The van der Waals surface area contributed by atoms with E-state index in [-0.39, 0.29) is 0 Å². The zero-order valence-corrected chi connectivity index (χ0v) is 11.8. The first-order chi connectivity index (χ1) is 8.75. The van der Waals surface area contributed by atoms with Crippen molar-refractivity contribution >= 4 is 21.4 Å². The van der Waals surface area contributed by atoms with Crippen LogP contribution in [0.15, 0.2) is 24.3 Å². The van der Waals surface area contributed by atoms with Crippen molar-refractivity contribution in [1.29, 1.82) is 0 Å². The van der Waals surface area contributed by atoms with Crippen molar-refractivity contribution in [3.63, 3.8) is 0 Å². The SMILES string of the molecule is CN(C)CCC1OCCc2c1sc1ccccc21. The molecule has 2 aromatic rings. The maximum absolute atomic E-state index is 5.97. The topological polar surface area (TPSA) is 12.5 Å². The molecule has 0 amide bonds. The molecule has 0 radical (unpaired) electrons. The first-order valence-corrected chi connectivity index (χ1v) is 7.34. The fourth-order valence-electron chi connectivity index (χ4n) is 2.60. The van der Waals surface area contributed by atoms with Crippen molar-refractivity contribution in [3.8, 4) is 0 Å². The number of ether oxygens (including phenoxy) is 1. The molecule has 0 saturated heterocycles. The van der Waals surface area contributed by atoms with Gasteiger partial charge in [-0.05, 0) is 44.0 Å². The molecule has 2 nitrogen and oxygen atoms in total. The molecule has 3 heteroatoms. The summed E-state index contributed by atoms with van der Waals surface area (Å²) in [5.74, 6) is 0. The van der Waals surface area contributed by atoms with E-state index < -0.39 is 0 Å². The summed E-state index contributed by atoms with van der Waals surface area (Å²) in [5, 5.41) is 1.44.